The van der Waals surface area contributed by atoms with Crippen LogP contribution in [0.2, 0.25) is 5.02 Å². The van der Waals surface area contributed by atoms with Crippen LogP contribution in [0.4, 0.5) is 5.69 Å². The molecule has 0 spiro atoms. The van der Waals surface area contributed by atoms with Gasteiger partial charge in [0.25, 0.3) is 5.91 Å². The van der Waals surface area contributed by atoms with E-state index in [1.807, 2.05) is 47.4 Å². The van der Waals surface area contributed by atoms with E-state index in [4.69, 9.17) is 16.4 Å². The van der Waals surface area contributed by atoms with Gasteiger partial charge in [-0.3, -0.25) is 4.79 Å². The van der Waals surface area contributed by atoms with E-state index in [9.17, 15) is 4.79 Å². The Balaban J connectivity index is 1.35. The second kappa shape index (κ2) is 7.38. The van der Waals surface area contributed by atoms with Gasteiger partial charge in [-0.25, -0.2) is 0 Å². The number of hydrogen-bond acceptors (Lipinski definition) is 4. The zero-order valence-electron chi connectivity index (χ0n) is 14.3. The molecule has 0 radical (unpaired) electrons. The Hall–Kier alpha value is -2.53. The summed E-state index contributed by atoms with van der Waals surface area (Å²) in [5, 5.41) is 4.73. The molecule has 1 atom stereocenters. The fraction of sp³-hybridized carbons (Fsp3) is 0.300. The lowest BCUT2D eigenvalue weighted by atomic mass is 10.0. The number of para-hydroxylation sites is 1. The van der Waals surface area contributed by atoms with Gasteiger partial charge in [0.1, 0.15) is 0 Å². The minimum atomic E-state index is -0.551. The Labute approximate surface area is 157 Å². The summed E-state index contributed by atoms with van der Waals surface area (Å²) in [7, 11) is 0. The average Bonchev–Trinajstić information content (AvgIpc) is 3.18. The largest absolute Gasteiger partial charge is 0.382 e. The summed E-state index contributed by atoms with van der Waals surface area (Å²) in [6.07, 6.45) is -0.0916. The van der Waals surface area contributed by atoms with Crippen LogP contribution in [0.3, 0.4) is 0 Å². The minimum Gasteiger partial charge on any atom is -0.382 e. The van der Waals surface area contributed by atoms with Gasteiger partial charge in [-0.2, -0.15) is 0 Å². The maximum Gasteiger partial charge on any atom is 0.267 e. The van der Waals surface area contributed by atoms with Crippen molar-refractivity contribution in [1.82, 2.24) is 4.90 Å². The lowest BCUT2D eigenvalue weighted by molar-refractivity contribution is -0.142. The number of hydrogen-bond donors (Lipinski definition) is 0. The van der Waals surface area contributed by atoms with Crippen molar-refractivity contribution in [2.24, 2.45) is 5.16 Å². The molecule has 2 aromatic rings. The van der Waals surface area contributed by atoms with Gasteiger partial charge in [0.2, 0.25) is 6.10 Å². The van der Waals surface area contributed by atoms with E-state index in [0.717, 1.165) is 24.4 Å². The highest BCUT2D eigenvalue weighted by atomic mass is 35.5. The molecule has 2 heterocycles. The van der Waals surface area contributed by atoms with E-state index in [1.54, 1.807) is 0 Å². The lowest BCUT2D eigenvalue weighted by Crippen LogP contribution is -2.51. The van der Waals surface area contributed by atoms with Gasteiger partial charge in [0.05, 0.1) is 5.71 Å². The first kappa shape index (κ1) is 16.9. The first-order valence-electron chi connectivity index (χ1n) is 8.79. The summed E-state index contributed by atoms with van der Waals surface area (Å²) in [4.78, 5) is 22.4. The number of rotatable bonds is 3. The summed E-state index contributed by atoms with van der Waals surface area (Å²) in [5.41, 5.74) is 2.76. The van der Waals surface area contributed by atoms with Gasteiger partial charge in [-0.1, -0.05) is 53.2 Å². The second-order valence-corrected chi connectivity index (χ2v) is 6.87. The molecule has 134 valence electrons. The molecule has 0 aromatic heterocycles. The molecule has 0 N–H and O–H groups in total. The Kier molecular flexibility index (Phi) is 4.80. The first-order valence-corrected chi connectivity index (χ1v) is 9.16. The van der Waals surface area contributed by atoms with E-state index in [0.29, 0.717) is 24.5 Å². The predicted octanol–water partition coefficient (Wildman–Crippen LogP) is 3.18. The zero-order chi connectivity index (χ0) is 17.9. The third kappa shape index (κ3) is 3.40. The molecular formula is C20H20ClN3O2. The Bertz CT molecular complexity index is 817. The number of nitrogens with zero attached hydrogens (tertiary/aromatic N) is 3. The van der Waals surface area contributed by atoms with E-state index < -0.39 is 6.10 Å². The molecule has 5 nitrogen and oxygen atoms in total. The molecule has 0 bridgehead atoms. The fourth-order valence-electron chi connectivity index (χ4n) is 3.39. The van der Waals surface area contributed by atoms with Gasteiger partial charge in [0, 0.05) is 48.9 Å². The van der Waals surface area contributed by atoms with Gasteiger partial charge in [0.15, 0.2) is 0 Å². The molecular weight excluding hydrogens is 350 g/mol. The van der Waals surface area contributed by atoms with Crippen molar-refractivity contribution in [1.29, 1.82) is 0 Å². The normalized spacial score (nSPS) is 19.9. The number of oxime groups is 1. The molecule has 1 fully saturated rings. The van der Waals surface area contributed by atoms with E-state index in [2.05, 4.69) is 22.2 Å². The number of carbonyl (C=O) groups excluding carboxylic acids is 1. The highest BCUT2D eigenvalue weighted by Crippen LogP contribution is 2.24. The molecule has 2 aromatic carbocycles. The van der Waals surface area contributed by atoms with Crippen LogP contribution in [-0.2, 0) is 9.63 Å². The lowest BCUT2D eigenvalue weighted by Gasteiger charge is -2.36. The van der Waals surface area contributed by atoms with E-state index >= 15 is 0 Å². The summed E-state index contributed by atoms with van der Waals surface area (Å²) in [6, 6.07) is 17.8. The molecule has 1 amide bonds. The summed E-state index contributed by atoms with van der Waals surface area (Å²) < 4.78 is 0. The van der Waals surface area contributed by atoms with Crippen molar-refractivity contribution in [3.05, 3.63) is 65.2 Å². The molecule has 0 saturated carbocycles. The van der Waals surface area contributed by atoms with Crippen molar-refractivity contribution in [3.8, 4) is 0 Å². The molecule has 0 unspecified atom stereocenters. The predicted molar refractivity (Wildman–Crippen MR) is 103 cm³/mol. The third-order valence-corrected chi connectivity index (χ3v) is 5.17. The van der Waals surface area contributed by atoms with Crippen LogP contribution >= 0.6 is 11.6 Å². The van der Waals surface area contributed by atoms with Crippen LogP contribution in [0.5, 0.6) is 0 Å². The SMILES string of the molecule is O=C([C@H]1CC(c2ccccc2Cl)=NO1)N1CCN(c2ccccc2)CC1. The molecule has 2 aliphatic heterocycles. The molecule has 2 aliphatic rings. The van der Waals surface area contributed by atoms with Crippen molar-refractivity contribution in [2.75, 3.05) is 31.1 Å². The maximum atomic E-state index is 12.8. The molecule has 26 heavy (non-hydrogen) atoms. The van der Waals surface area contributed by atoms with Gasteiger partial charge >= 0.3 is 0 Å². The first-order chi connectivity index (χ1) is 12.7. The molecule has 6 heteroatoms. The van der Waals surface area contributed by atoms with E-state index in [1.165, 1.54) is 5.69 Å². The van der Waals surface area contributed by atoms with Crippen LogP contribution in [0.1, 0.15) is 12.0 Å². The smallest absolute Gasteiger partial charge is 0.267 e. The van der Waals surface area contributed by atoms with Crippen molar-refractivity contribution in [2.45, 2.75) is 12.5 Å². The second-order valence-electron chi connectivity index (χ2n) is 6.46. The number of anilines is 1. The Morgan fingerprint density at radius 2 is 1.69 bits per heavy atom. The van der Waals surface area contributed by atoms with Gasteiger partial charge in [-0.15, -0.1) is 0 Å². The average molecular weight is 370 g/mol. The number of halogens is 1. The highest BCUT2D eigenvalue weighted by molar-refractivity contribution is 6.34. The Morgan fingerprint density at radius 1 is 1.00 bits per heavy atom. The standard InChI is InChI=1S/C20H20ClN3O2/c21-17-9-5-4-8-16(17)18-14-19(26-22-18)20(25)24-12-10-23(11-13-24)15-6-2-1-3-7-15/h1-9,19H,10-14H2/t19-/m1/s1. The number of benzene rings is 2. The zero-order valence-corrected chi connectivity index (χ0v) is 15.1. The van der Waals surface area contributed by atoms with Crippen LogP contribution in [0.15, 0.2) is 59.8 Å². The van der Waals surface area contributed by atoms with Crippen LogP contribution in [0.25, 0.3) is 0 Å². The number of carbonyl (C=O) groups is 1. The topological polar surface area (TPSA) is 45.1 Å². The summed E-state index contributed by atoms with van der Waals surface area (Å²) in [6.45, 7) is 3.02. The van der Waals surface area contributed by atoms with Gasteiger partial charge < -0.3 is 14.6 Å². The van der Waals surface area contributed by atoms with Crippen LogP contribution in [0, 0.1) is 0 Å². The van der Waals surface area contributed by atoms with Crippen molar-refractivity contribution < 1.29 is 9.63 Å². The fourth-order valence-corrected chi connectivity index (χ4v) is 3.64. The monoisotopic (exact) mass is 369 g/mol. The van der Waals surface area contributed by atoms with E-state index in [-0.39, 0.29) is 5.91 Å². The van der Waals surface area contributed by atoms with Gasteiger partial charge in [-0.05, 0) is 18.2 Å². The summed E-state index contributed by atoms with van der Waals surface area (Å²) in [5.74, 6) is 0.00325. The quantitative estimate of drug-likeness (QED) is 0.834. The molecule has 0 aliphatic carbocycles. The number of amides is 1. The van der Waals surface area contributed by atoms with Crippen molar-refractivity contribution in [3.63, 3.8) is 0 Å². The summed E-state index contributed by atoms with van der Waals surface area (Å²) >= 11 is 6.22. The maximum absolute atomic E-state index is 12.8. The van der Waals surface area contributed by atoms with Crippen molar-refractivity contribution >= 4 is 28.9 Å². The third-order valence-electron chi connectivity index (χ3n) is 4.84. The molecule has 1 saturated heterocycles. The minimum absolute atomic E-state index is 0.00325. The van der Waals surface area contributed by atoms with Crippen LogP contribution in [-0.4, -0.2) is 48.8 Å². The highest BCUT2D eigenvalue weighted by Gasteiger charge is 2.34. The Morgan fingerprint density at radius 3 is 2.42 bits per heavy atom. The van der Waals surface area contributed by atoms with Crippen LogP contribution < -0.4 is 4.90 Å². The number of piperazine rings is 1. The molecule has 4 rings (SSSR count).